The Bertz CT molecular complexity index is 1160. The highest BCUT2D eigenvalue weighted by molar-refractivity contribution is 5.91. The highest BCUT2D eigenvalue weighted by atomic mass is 19.4. The van der Waals surface area contributed by atoms with E-state index in [2.05, 4.69) is 10.1 Å². The number of fused-ring (bicyclic) bond motifs is 1. The third kappa shape index (κ3) is 6.33. The Morgan fingerprint density at radius 2 is 1.89 bits per heavy atom. The number of carbonyl (C=O) groups excluding carboxylic acids is 3. The first-order chi connectivity index (χ1) is 17.7. The maximum atomic E-state index is 13.2. The number of rotatable bonds is 4. The number of aryl methyl sites for hydroxylation is 1. The minimum absolute atomic E-state index is 0.206. The monoisotopic (exact) mass is 519 g/mol. The van der Waals surface area contributed by atoms with Crippen molar-refractivity contribution in [1.29, 1.82) is 0 Å². The summed E-state index contributed by atoms with van der Waals surface area (Å²) in [4.78, 5) is 40.4. The van der Waals surface area contributed by atoms with Crippen molar-refractivity contribution in [3.63, 3.8) is 0 Å². The lowest BCUT2D eigenvalue weighted by Crippen LogP contribution is -2.54. The van der Waals surface area contributed by atoms with Gasteiger partial charge in [-0.1, -0.05) is 36.4 Å². The summed E-state index contributed by atoms with van der Waals surface area (Å²) in [5.74, 6) is 0. The molecule has 2 aliphatic rings. The largest absolute Gasteiger partial charge is 0.517 e. The predicted molar refractivity (Wildman–Crippen MR) is 128 cm³/mol. The Kier molecular flexibility index (Phi) is 7.89. The van der Waals surface area contributed by atoms with E-state index < -0.39 is 30.0 Å². The van der Waals surface area contributed by atoms with Crippen LogP contribution in [-0.2, 0) is 28.5 Å². The van der Waals surface area contributed by atoms with Crippen molar-refractivity contribution in [1.82, 2.24) is 9.80 Å². The van der Waals surface area contributed by atoms with Crippen LogP contribution in [0.15, 0.2) is 48.5 Å². The zero-order valence-corrected chi connectivity index (χ0v) is 20.3. The Morgan fingerprint density at radius 3 is 2.65 bits per heavy atom. The van der Waals surface area contributed by atoms with Crippen LogP contribution in [0.1, 0.15) is 36.0 Å². The van der Waals surface area contributed by atoms with Crippen LogP contribution in [0.4, 0.5) is 33.2 Å². The Morgan fingerprint density at radius 1 is 1.11 bits per heavy atom. The number of likely N-dealkylation sites (tertiary alicyclic amines) is 1. The zero-order valence-electron chi connectivity index (χ0n) is 20.3. The lowest BCUT2D eigenvalue weighted by molar-refractivity contribution is -0.137. The van der Waals surface area contributed by atoms with Crippen molar-refractivity contribution in [3.05, 3.63) is 65.2 Å². The number of methoxy groups -OCH3 is 1. The summed E-state index contributed by atoms with van der Waals surface area (Å²) < 4.78 is 48.6. The molecule has 0 bridgehead atoms. The molecule has 0 unspecified atom stereocenters. The van der Waals surface area contributed by atoms with Crippen molar-refractivity contribution < 1.29 is 37.0 Å². The topological polar surface area (TPSA) is 88.2 Å². The summed E-state index contributed by atoms with van der Waals surface area (Å²) >= 11 is 0. The van der Waals surface area contributed by atoms with Gasteiger partial charge in [0.2, 0.25) is 0 Å². The van der Waals surface area contributed by atoms with Gasteiger partial charge in [0.15, 0.2) is 0 Å². The van der Waals surface area contributed by atoms with E-state index in [0.29, 0.717) is 37.8 Å². The number of amides is 3. The second-order valence-electron chi connectivity index (χ2n) is 9.12. The third-order valence-electron chi connectivity index (χ3n) is 6.86. The molecule has 2 aromatic carbocycles. The standard InChI is InChI=1S/C26H28F3N3O5/c1-36-25(35)37-24(34)32-14-12-21(31-13-11-18-6-2-3-8-22(18)30-23(31)33)16-20(32)10-9-17-5-4-7-19(15-17)26(27,28)29/h2-8,15,20-21H,9-14,16H2,1H3,(H,30,33)/t20-,21-/m1/s1. The van der Waals surface area contributed by atoms with Gasteiger partial charge in [-0.15, -0.1) is 0 Å². The molecule has 1 saturated heterocycles. The van der Waals surface area contributed by atoms with Crippen LogP contribution in [0.25, 0.3) is 0 Å². The molecule has 0 aromatic heterocycles. The van der Waals surface area contributed by atoms with Crippen LogP contribution in [0.5, 0.6) is 0 Å². The smallest absolute Gasteiger partial charge is 0.437 e. The van der Waals surface area contributed by atoms with Crippen molar-refractivity contribution in [2.75, 3.05) is 25.5 Å². The van der Waals surface area contributed by atoms with Crippen LogP contribution in [-0.4, -0.2) is 60.4 Å². The highest BCUT2D eigenvalue weighted by Gasteiger charge is 2.38. The summed E-state index contributed by atoms with van der Waals surface area (Å²) in [6.07, 6.45) is -4.39. The molecule has 2 heterocycles. The van der Waals surface area contributed by atoms with Crippen LogP contribution in [0.3, 0.4) is 0 Å². The van der Waals surface area contributed by atoms with Gasteiger partial charge in [0, 0.05) is 30.9 Å². The van der Waals surface area contributed by atoms with Crippen molar-refractivity contribution in [3.8, 4) is 0 Å². The number of carbonyl (C=O) groups is 3. The quantitative estimate of drug-likeness (QED) is 0.428. The number of para-hydroxylation sites is 1. The number of anilines is 1. The maximum absolute atomic E-state index is 13.2. The first kappa shape index (κ1) is 26.3. The molecule has 0 spiro atoms. The minimum Gasteiger partial charge on any atom is -0.437 e. The molecule has 11 heteroatoms. The van der Waals surface area contributed by atoms with Gasteiger partial charge >= 0.3 is 24.5 Å². The van der Waals surface area contributed by atoms with Gasteiger partial charge < -0.3 is 24.6 Å². The molecule has 2 aliphatic heterocycles. The van der Waals surface area contributed by atoms with Gasteiger partial charge in [-0.25, -0.2) is 14.4 Å². The number of ether oxygens (including phenoxy) is 2. The summed E-state index contributed by atoms with van der Waals surface area (Å²) in [7, 11) is 1.09. The molecule has 3 amide bonds. The zero-order chi connectivity index (χ0) is 26.6. The van der Waals surface area contributed by atoms with E-state index in [4.69, 9.17) is 4.74 Å². The number of nitrogens with zero attached hydrogens (tertiary/aromatic N) is 2. The first-order valence-corrected chi connectivity index (χ1v) is 12.0. The van der Waals surface area contributed by atoms with E-state index in [1.165, 1.54) is 11.0 Å². The molecule has 0 aliphatic carbocycles. The molecule has 0 radical (unpaired) electrons. The van der Waals surface area contributed by atoms with Gasteiger partial charge in [-0.2, -0.15) is 13.2 Å². The summed E-state index contributed by atoms with van der Waals surface area (Å²) in [6, 6.07) is 11.7. The highest BCUT2D eigenvalue weighted by Crippen LogP contribution is 2.32. The maximum Gasteiger partial charge on any atom is 0.517 e. The molecule has 37 heavy (non-hydrogen) atoms. The number of urea groups is 1. The molecule has 1 fully saturated rings. The van der Waals surface area contributed by atoms with Gasteiger partial charge in [0.1, 0.15) is 0 Å². The van der Waals surface area contributed by atoms with E-state index in [1.807, 2.05) is 24.3 Å². The third-order valence-corrected chi connectivity index (χ3v) is 6.86. The number of alkyl halides is 3. The van der Waals surface area contributed by atoms with Crippen molar-refractivity contribution in [2.24, 2.45) is 0 Å². The molecule has 0 saturated carbocycles. The lowest BCUT2D eigenvalue weighted by Gasteiger charge is -2.42. The molecule has 8 nitrogen and oxygen atoms in total. The Hall–Kier alpha value is -3.76. The number of benzene rings is 2. The number of hydrogen-bond acceptors (Lipinski definition) is 5. The van der Waals surface area contributed by atoms with Crippen LogP contribution in [0.2, 0.25) is 0 Å². The fourth-order valence-electron chi connectivity index (χ4n) is 4.97. The van der Waals surface area contributed by atoms with Gasteiger partial charge in [0.25, 0.3) is 0 Å². The lowest BCUT2D eigenvalue weighted by atomic mass is 9.91. The predicted octanol–water partition coefficient (Wildman–Crippen LogP) is 5.46. The Labute approximate surface area is 212 Å². The normalized spacial score (nSPS) is 19.9. The fraction of sp³-hybridized carbons (Fsp3) is 0.423. The number of nitrogens with one attached hydrogen (secondary N) is 1. The van der Waals surface area contributed by atoms with E-state index in [-0.39, 0.29) is 25.0 Å². The molecule has 4 rings (SSSR count). The van der Waals surface area contributed by atoms with Gasteiger partial charge in [-0.05, 0) is 55.4 Å². The summed E-state index contributed by atoms with van der Waals surface area (Å²) in [5, 5.41) is 2.94. The average molecular weight is 520 g/mol. The number of piperidine rings is 1. The second-order valence-corrected chi connectivity index (χ2v) is 9.12. The molecule has 1 N–H and O–H groups in total. The number of hydrogen-bond donors (Lipinski definition) is 1. The molecule has 2 aromatic rings. The van der Waals surface area contributed by atoms with Crippen LogP contribution < -0.4 is 5.32 Å². The Balaban J connectivity index is 1.50. The first-order valence-electron chi connectivity index (χ1n) is 12.0. The molecular formula is C26H28F3N3O5. The molecule has 198 valence electrons. The summed E-state index contributed by atoms with van der Waals surface area (Å²) in [5.41, 5.74) is 1.52. The fourth-order valence-corrected chi connectivity index (χ4v) is 4.97. The van der Waals surface area contributed by atoms with Crippen molar-refractivity contribution >= 4 is 24.0 Å². The molecule has 2 atom stereocenters. The van der Waals surface area contributed by atoms with Crippen LogP contribution in [0, 0.1) is 0 Å². The SMILES string of the molecule is COC(=O)OC(=O)N1CC[C@@H](N2CCc3ccccc3NC2=O)C[C@H]1CCc1cccc(C(F)(F)F)c1. The summed E-state index contributed by atoms with van der Waals surface area (Å²) in [6.45, 7) is 0.699. The number of halogens is 3. The van der Waals surface area contributed by atoms with Crippen LogP contribution >= 0.6 is 0 Å². The van der Waals surface area contributed by atoms with Crippen molar-refractivity contribution in [2.45, 2.75) is 50.4 Å². The van der Waals surface area contributed by atoms with E-state index in [0.717, 1.165) is 30.5 Å². The van der Waals surface area contributed by atoms with Gasteiger partial charge in [0.05, 0.1) is 12.7 Å². The average Bonchev–Trinajstić information content (AvgIpc) is 3.05. The minimum atomic E-state index is -4.46. The van der Waals surface area contributed by atoms with E-state index in [9.17, 15) is 27.6 Å². The van der Waals surface area contributed by atoms with Gasteiger partial charge in [-0.3, -0.25) is 0 Å². The molecular weight excluding hydrogens is 491 g/mol. The second kappa shape index (κ2) is 11.1. The van der Waals surface area contributed by atoms with E-state index >= 15 is 0 Å². The van der Waals surface area contributed by atoms with E-state index in [1.54, 1.807) is 11.0 Å².